The first-order chi connectivity index (χ1) is 26.4. The summed E-state index contributed by atoms with van der Waals surface area (Å²) in [4.78, 5) is 15.5. The molecule has 300 valence electrons. The average molecular weight is 769 g/mol. The highest BCUT2D eigenvalue weighted by Gasteiger charge is 2.51. The Morgan fingerprint density at radius 2 is 0.842 bits per heavy atom. The first-order valence-corrected chi connectivity index (χ1v) is 19.6. The number of hydrogen-bond acceptors (Lipinski definition) is 6. The molecule has 0 amide bonds. The molecule has 5 aromatic carbocycles. The van der Waals surface area contributed by atoms with Gasteiger partial charge < -0.3 is 25.2 Å². The Hall–Kier alpha value is -5.49. The van der Waals surface area contributed by atoms with E-state index in [2.05, 4.69) is 0 Å². The van der Waals surface area contributed by atoms with Crippen LogP contribution in [0, 0.1) is 0 Å². The predicted octanol–water partition coefficient (Wildman–Crippen LogP) is 12.0. The van der Waals surface area contributed by atoms with Crippen LogP contribution in [-0.2, 0) is 36.6 Å². The summed E-state index contributed by atoms with van der Waals surface area (Å²) < 4.78 is 6.22. The van der Waals surface area contributed by atoms with Crippen molar-refractivity contribution in [1.82, 2.24) is 0 Å². The van der Waals surface area contributed by atoms with Gasteiger partial charge in [0.2, 0.25) is 0 Å². The molecule has 6 nitrogen and oxygen atoms in total. The molecule has 0 saturated carbocycles. The van der Waals surface area contributed by atoms with Crippen molar-refractivity contribution < 1.29 is 30.0 Å². The van der Waals surface area contributed by atoms with Crippen LogP contribution in [0.25, 0.3) is 6.08 Å². The molecule has 5 rings (SSSR count). The summed E-state index contributed by atoms with van der Waals surface area (Å²) in [6.45, 7) is 24.3. The smallest absolute Gasteiger partial charge is 0.319 e. The van der Waals surface area contributed by atoms with Crippen molar-refractivity contribution in [3.05, 3.63) is 159 Å². The molecular formula is C51H60O6. The second-order valence-corrected chi connectivity index (χ2v) is 19.4. The molecule has 1 unspecified atom stereocenters. The van der Waals surface area contributed by atoms with Crippen LogP contribution in [0.5, 0.6) is 23.0 Å². The van der Waals surface area contributed by atoms with Crippen molar-refractivity contribution in [2.24, 2.45) is 0 Å². The van der Waals surface area contributed by atoms with Crippen LogP contribution in [0.3, 0.4) is 0 Å². The highest BCUT2D eigenvalue weighted by molar-refractivity contribution is 5.85. The van der Waals surface area contributed by atoms with E-state index >= 15 is 4.79 Å². The Balaban J connectivity index is 2.06. The van der Waals surface area contributed by atoms with Crippen molar-refractivity contribution in [3.63, 3.8) is 0 Å². The number of esters is 1. The Morgan fingerprint density at radius 3 is 1.21 bits per heavy atom. The Labute approximate surface area is 339 Å². The Morgan fingerprint density at radius 1 is 0.491 bits per heavy atom. The lowest BCUT2D eigenvalue weighted by Crippen LogP contribution is -2.42. The third-order valence-corrected chi connectivity index (χ3v) is 10.9. The number of benzene rings is 5. The molecular weight excluding hydrogens is 709 g/mol. The van der Waals surface area contributed by atoms with Crippen LogP contribution in [0.2, 0.25) is 0 Å². The van der Waals surface area contributed by atoms with Crippen LogP contribution >= 0.6 is 0 Å². The summed E-state index contributed by atoms with van der Waals surface area (Å²) in [5, 5.41) is 45.5. The summed E-state index contributed by atoms with van der Waals surface area (Å²) in [6, 6.07) is 31.3. The normalized spacial score (nSPS) is 13.5. The van der Waals surface area contributed by atoms with Crippen molar-refractivity contribution in [3.8, 4) is 23.0 Å². The van der Waals surface area contributed by atoms with E-state index < -0.39 is 39.0 Å². The highest BCUT2D eigenvalue weighted by Crippen LogP contribution is 2.54. The standard InChI is InChI=1S/C51H60O6/c1-47(2,3)37-28-33(18-22-41(37)52)45(46(56)57-27-26-32-16-14-13-15-17-32)51(34-19-23-42(53)38(29-34)48(4,5)6,35-20-24-43(54)39(30-35)49(7,8)9)36-21-25-44(55)40(31-36)50(10,11)12/h13-31,45,52-55H,1-12H3/b27-26+. The fraction of sp³-hybridized carbons (Fsp3) is 0.353. The second kappa shape index (κ2) is 15.5. The van der Waals surface area contributed by atoms with Gasteiger partial charge >= 0.3 is 5.97 Å². The topological polar surface area (TPSA) is 107 Å². The molecule has 0 spiro atoms. The third-order valence-electron chi connectivity index (χ3n) is 10.9. The number of carbonyl (C=O) groups is 1. The Bertz CT molecular complexity index is 2120. The fourth-order valence-electron chi connectivity index (χ4n) is 7.85. The van der Waals surface area contributed by atoms with Gasteiger partial charge in [-0.3, -0.25) is 4.79 Å². The predicted molar refractivity (Wildman–Crippen MR) is 231 cm³/mol. The first-order valence-electron chi connectivity index (χ1n) is 19.6. The lowest BCUT2D eigenvalue weighted by atomic mass is 9.58. The molecule has 57 heavy (non-hydrogen) atoms. The summed E-state index contributed by atoms with van der Waals surface area (Å²) in [5.74, 6) is -1.25. The minimum Gasteiger partial charge on any atom is -0.508 e. The van der Waals surface area contributed by atoms with Crippen LogP contribution in [0.4, 0.5) is 0 Å². The number of rotatable bonds is 8. The molecule has 0 aliphatic heterocycles. The van der Waals surface area contributed by atoms with E-state index in [0.29, 0.717) is 44.5 Å². The molecule has 0 heterocycles. The van der Waals surface area contributed by atoms with Gasteiger partial charge in [0.15, 0.2) is 0 Å². The molecule has 0 aromatic heterocycles. The number of phenols is 4. The summed E-state index contributed by atoms with van der Waals surface area (Å²) in [5.41, 5.74) is 2.69. The first kappa shape index (κ1) is 42.6. The summed E-state index contributed by atoms with van der Waals surface area (Å²) >= 11 is 0. The molecule has 0 fully saturated rings. The van der Waals surface area contributed by atoms with Gasteiger partial charge in [0, 0.05) is 0 Å². The van der Waals surface area contributed by atoms with E-state index in [1.54, 1.807) is 36.4 Å². The number of phenolic OH excluding ortho intramolecular Hbond substituents is 4. The maximum atomic E-state index is 15.5. The second-order valence-electron chi connectivity index (χ2n) is 19.4. The lowest BCUT2D eigenvalue weighted by molar-refractivity contribution is -0.140. The van der Waals surface area contributed by atoms with Crippen LogP contribution in [0.1, 0.15) is 139 Å². The molecule has 0 radical (unpaired) electrons. The largest absolute Gasteiger partial charge is 0.508 e. The molecule has 0 aliphatic carbocycles. The van der Waals surface area contributed by atoms with Gasteiger partial charge in [-0.05, 0) is 102 Å². The quantitative estimate of drug-likeness (QED) is 0.0711. The molecule has 1 atom stereocenters. The van der Waals surface area contributed by atoms with E-state index in [1.807, 2.05) is 156 Å². The minimum atomic E-state index is -1.43. The zero-order valence-electron chi connectivity index (χ0n) is 35.7. The monoisotopic (exact) mass is 768 g/mol. The zero-order valence-corrected chi connectivity index (χ0v) is 35.7. The average Bonchev–Trinajstić information content (AvgIpc) is 3.10. The number of hydrogen-bond donors (Lipinski definition) is 4. The lowest BCUT2D eigenvalue weighted by Gasteiger charge is -2.43. The number of aromatic hydroxyl groups is 4. The molecule has 6 heteroatoms. The van der Waals surface area contributed by atoms with Crippen LogP contribution < -0.4 is 0 Å². The number of carbonyl (C=O) groups excluding carboxylic acids is 1. The molecule has 4 N–H and O–H groups in total. The van der Waals surface area contributed by atoms with Gasteiger partial charge in [0.1, 0.15) is 28.9 Å². The minimum absolute atomic E-state index is 0.104. The molecule has 0 bridgehead atoms. The fourth-order valence-corrected chi connectivity index (χ4v) is 7.85. The molecule has 5 aromatic rings. The van der Waals surface area contributed by atoms with Gasteiger partial charge in [0.05, 0.1) is 11.7 Å². The third kappa shape index (κ3) is 8.76. The van der Waals surface area contributed by atoms with E-state index in [0.717, 1.165) is 5.56 Å². The summed E-state index contributed by atoms with van der Waals surface area (Å²) in [7, 11) is 0. The van der Waals surface area contributed by atoms with Gasteiger partial charge in [-0.25, -0.2) is 0 Å². The van der Waals surface area contributed by atoms with E-state index in [4.69, 9.17) is 4.74 Å². The summed E-state index contributed by atoms with van der Waals surface area (Å²) in [6.07, 6.45) is 3.15. The maximum Gasteiger partial charge on any atom is 0.319 e. The van der Waals surface area contributed by atoms with E-state index in [-0.39, 0.29) is 23.0 Å². The molecule has 0 saturated heterocycles. The van der Waals surface area contributed by atoms with E-state index in [9.17, 15) is 20.4 Å². The van der Waals surface area contributed by atoms with Gasteiger partial charge in [-0.1, -0.05) is 162 Å². The van der Waals surface area contributed by atoms with E-state index in [1.165, 1.54) is 6.26 Å². The molecule has 0 aliphatic rings. The highest BCUT2D eigenvalue weighted by atomic mass is 16.5. The SMILES string of the molecule is CC(C)(C)c1cc(C(C(=O)O/C=C/c2ccccc2)C(c2ccc(O)c(C(C)(C)C)c2)(c2ccc(O)c(C(C)(C)C)c2)c2ccc(O)c(C(C)(C)C)c2)ccc1O. The van der Waals surface area contributed by atoms with Gasteiger partial charge in [-0.2, -0.15) is 0 Å². The van der Waals surface area contributed by atoms with Gasteiger partial charge in [0.25, 0.3) is 0 Å². The van der Waals surface area contributed by atoms with Crippen molar-refractivity contribution in [1.29, 1.82) is 0 Å². The van der Waals surface area contributed by atoms with Gasteiger partial charge in [-0.15, -0.1) is 0 Å². The van der Waals surface area contributed by atoms with Crippen LogP contribution in [0.15, 0.2) is 109 Å². The van der Waals surface area contributed by atoms with Crippen molar-refractivity contribution in [2.75, 3.05) is 0 Å². The maximum absolute atomic E-state index is 15.5. The zero-order chi connectivity index (χ0) is 42.3. The van der Waals surface area contributed by atoms with Crippen LogP contribution in [-0.4, -0.2) is 26.4 Å². The Kier molecular flexibility index (Phi) is 11.6. The number of ether oxygens (including phenoxy) is 1. The van der Waals surface area contributed by atoms with Crippen molar-refractivity contribution in [2.45, 2.75) is 116 Å². The van der Waals surface area contributed by atoms with Crippen molar-refractivity contribution >= 4 is 12.0 Å².